The molecule has 0 fully saturated rings. The molecule has 0 bridgehead atoms. The van der Waals surface area contributed by atoms with E-state index in [9.17, 15) is 14.4 Å². The van der Waals surface area contributed by atoms with Crippen LogP contribution < -0.4 is 5.32 Å². The van der Waals surface area contributed by atoms with Crippen molar-refractivity contribution in [2.75, 3.05) is 19.0 Å². The van der Waals surface area contributed by atoms with Crippen LogP contribution in [0.5, 0.6) is 0 Å². The second kappa shape index (κ2) is 8.06. The number of rotatable bonds is 6. The summed E-state index contributed by atoms with van der Waals surface area (Å²) in [6.45, 7) is 5.13. The molecule has 0 saturated heterocycles. The lowest BCUT2D eigenvalue weighted by molar-refractivity contribution is -0.149. The average Bonchev–Trinajstić information content (AvgIpc) is 2.54. The maximum atomic E-state index is 12.1. The normalized spacial score (nSPS) is 10.5. The van der Waals surface area contributed by atoms with Crippen LogP contribution in [0, 0.1) is 11.3 Å². The Labute approximate surface area is 139 Å². The van der Waals surface area contributed by atoms with E-state index in [0.29, 0.717) is 5.69 Å². The van der Waals surface area contributed by atoms with Crippen molar-refractivity contribution in [3.05, 3.63) is 23.5 Å². The number of anilines is 1. The molecule has 1 amide bonds. The molecule has 8 heteroatoms. The van der Waals surface area contributed by atoms with Crippen molar-refractivity contribution in [1.29, 1.82) is 5.26 Å². The highest BCUT2D eigenvalue weighted by atomic mass is 16.5. The van der Waals surface area contributed by atoms with Crippen LogP contribution in [0.3, 0.4) is 0 Å². The number of esters is 2. The van der Waals surface area contributed by atoms with Gasteiger partial charge in [-0.25, -0.2) is 4.79 Å². The Morgan fingerprint density at radius 3 is 2.58 bits per heavy atom. The molecule has 8 nitrogen and oxygen atoms in total. The van der Waals surface area contributed by atoms with Crippen LogP contribution in [0.25, 0.3) is 0 Å². The van der Waals surface area contributed by atoms with E-state index in [-0.39, 0.29) is 24.3 Å². The lowest BCUT2D eigenvalue weighted by atomic mass is 9.88. The van der Waals surface area contributed by atoms with Crippen molar-refractivity contribution in [2.45, 2.75) is 32.6 Å². The molecule has 1 rings (SSSR count). The predicted molar refractivity (Wildman–Crippen MR) is 84.1 cm³/mol. The summed E-state index contributed by atoms with van der Waals surface area (Å²) < 4.78 is 9.71. The third-order valence-electron chi connectivity index (χ3n) is 3.25. The summed E-state index contributed by atoms with van der Waals surface area (Å²) in [6.07, 6.45) is 0.883. The summed E-state index contributed by atoms with van der Waals surface area (Å²) in [6, 6.07) is 3.07. The Kier molecular flexibility index (Phi) is 6.41. The number of carbonyl (C=O) groups excluding carboxylic acids is 3. The van der Waals surface area contributed by atoms with E-state index in [4.69, 9.17) is 14.7 Å². The highest BCUT2D eigenvalue weighted by molar-refractivity contribution is 6.01. The Balaban J connectivity index is 3.29. The molecule has 0 aromatic carbocycles. The zero-order valence-corrected chi connectivity index (χ0v) is 14.0. The first-order chi connectivity index (χ1) is 11.3. The smallest absolute Gasteiger partial charge is 0.340 e. The molecular formula is C16H19N3O5. The summed E-state index contributed by atoms with van der Waals surface area (Å²) in [4.78, 5) is 39.7. The zero-order chi connectivity index (χ0) is 18.3. The molecule has 0 atom stereocenters. The van der Waals surface area contributed by atoms with Gasteiger partial charge in [-0.2, -0.15) is 5.26 Å². The second-order valence-electron chi connectivity index (χ2n) is 5.34. The number of hydrogen-bond acceptors (Lipinski definition) is 7. The largest absolute Gasteiger partial charge is 0.465 e. The van der Waals surface area contributed by atoms with Crippen LogP contribution >= 0.6 is 0 Å². The summed E-state index contributed by atoms with van der Waals surface area (Å²) in [5.74, 6) is -1.78. The van der Waals surface area contributed by atoms with Crippen LogP contribution in [-0.4, -0.2) is 36.5 Å². The number of nitrogens with zero attached hydrogens (tertiary/aromatic N) is 2. The van der Waals surface area contributed by atoms with Crippen molar-refractivity contribution < 1.29 is 23.9 Å². The van der Waals surface area contributed by atoms with Gasteiger partial charge in [0.25, 0.3) is 0 Å². The number of amides is 1. The quantitative estimate of drug-likeness (QED) is 0.785. The molecule has 0 aliphatic carbocycles. The highest BCUT2D eigenvalue weighted by Crippen LogP contribution is 2.27. The van der Waals surface area contributed by atoms with Crippen LogP contribution in [0.15, 0.2) is 12.3 Å². The molecular weight excluding hydrogens is 314 g/mol. The standard InChI is InChI=1S/C16H19N3O5/c1-5-24-15(22)16(2,3)12-8-10(14(21)23-4)11(9-18-12)19-13(20)6-7-17/h8-9H,5-6H2,1-4H3,(H,19,20). The fourth-order valence-corrected chi connectivity index (χ4v) is 1.86. The van der Waals surface area contributed by atoms with Gasteiger partial charge in [-0.3, -0.25) is 14.6 Å². The van der Waals surface area contributed by atoms with E-state index in [2.05, 4.69) is 10.3 Å². The molecule has 0 aliphatic heterocycles. The van der Waals surface area contributed by atoms with Gasteiger partial charge in [0.2, 0.25) is 5.91 Å². The Bertz CT molecular complexity index is 691. The van der Waals surface area contributed by atoms with Gasteiger partial charge >= 0.3 is 11.9 Å². The van der Waals surface area contributed by atoms with E-state index in [1.807, 2.05) is 0 Å². The van der Waals surface area contributed by atoms with Crippen molar-refractivity contribution in [1.82, 2.24) is 4.98 Å². The van der Waals surface area contributed by atoms with Crippen LogP contribution in [0.2, 0.25) is 0 Å². The number of nitrogens with one attached hydrogen (secondary N) is 1. The number of ether oxygens (including phenoxy) is 2. The topological polar surface area (TPSA) is 118 Å². The van der Waals surface area contributed by atoms with E-state index >= 15 is 0 Å². The summed E-state index contributed by atoms with van der Waals surface area (Å²) in [5.41, 5.74) is -0.662. The van der Waals surface area contributed by atoms with Crippen LogP contribution in [0.4, 0.5) is 5.69 Å². The number of carbonyl (C=O) groups is 3. The number of hydrogen-bond donors (Lipinski definition) is 1. The minimum Gasteiger partial charge on any atom is -0.465 e. The van der Waals surface area contributed by atoms with E-state index < -0.39 is 23.3 Å². The van der Waals surface area contributed by atoms with Gasteiger partial charge in [0.15, 0.2) is 0 Å². The SMILES string of the molecule is CCOC(=O)C(C)(C)c1cc(C(=O)OC)c(NC(=O)CC#N)cn1. The Morgan fingerprint density at radius 2 is 2.04 bits per heavy atom. The minimum absolute atomic E-state index is 0.0335. The van der Waals surface area contributed by atoms with Gasteiger partial charge in [0, 0.05) is 0 Å². The molecule has 0 unspecified atom stereocenters. The Hall–Kier alpha value is -2.95. The third-order valence-corrected chi connectivity index (χ3v) is 3.25. The van der Waals surface area contributed by atoms with Crippen molar-refractivity contribution in [3.63, 3.8) is 0 Å². The third kappa shape index (κ3) is 4.29. The van der Waals surface area contributed by atoms with Crippen LogP contribution in [0.1, 0.15) is 43.2 Å². The molecule has 1 aromatic heterocycles. The van der Waals surface area contributed by atoms with E-state index in [1.54, 1.807) is 26.8 Å². The number of nitriles is 1. The molecule has 128 valence electrons. The van der Waals surface area contributed by atoms with Gasteiger partial charge in [0.05, 0.1) is 42.9 Å². The number of methoxy groups -OCH3 is 1. The summed E-state index contributed by atoms with van der Waals surface area (Å²) in [7, 11) is 1.19. The molecule has 0 spiro atoms. The fourth-order valence-electron chi connectivity index (χ4n) is 1.86. The Morgan fingerprint density at radius 1 is 1.38 bits per heavy atom. The first-order valence-electron chi connectivity index (χ1n) is 7.20. The van der Waals surface area contributed by atoms with Gasteiger partial charge in [0.1, 0.15) is 11.8 Å². The molecule has 0 saturated carbocycles. The lowest BCUT2D eigenvalue weighted by Gasteiger charge is -2.22. The lowest BCUT2D eigenvalue weighted by Crippen LogP contribution is -2.32. The van der Waals surface area contributed by atoms with Crippen molar-refractivity contribution in [3.8, 4) is 6.07 Å². The molecule has 24 heavy (non-hydrogen) atoms. The maximum Gasteiger partial charge on any atom is 0.340 e. The van der Waals surface area contributed by atoms with Crippen molar-refractivity contribution >= 4 is 23.5 Å². The van der Waals surface area contributed by atoms with Crippen LogP contribution in [-0.2, 0) is 24.5 Å². The van der Waals surface area contributed by atoms with Gasteiger partial charge < -0.3 is 14.8 Å². The van der Waals surface area contributed by atoms with Gasteiger partial charge in [-0.05, 0) is 26.8 Å². The van der Waals surface area contributed by atoms with Gasteiger partial charge in [-0.1, -0.05) is 0 Å². The fraction of sp³-hybridized carbons (Fsp3) is 0.438. The first kappa shape index (κ1) is 19.1. The summed E-state index contributed by atoms with van der Waals surface area (Å²) in [5, 5.41) is 11.0. The first-order valence-corrected chi connectivity index (χ1v) is 7.20. The molecule has 1 aromatic rings. The van der Waals surface area contributed by atoms with Gasteiger partial charge in [-0.15, -0.1) is 0 Å². The molecule has 1 N–H and O–H groups in total. The number of aromatic nitrogens is 1. The molecule has 0 aliphatic rings. The highest BCUT2D eigenvalue weighted by Gasteiger charge is 2.34. The molecule has 1 heterocycles. The van der Waals surface area contributed by atoms with E-state index in [1.165, 1.54) is 19.4 Å². The summed E-state index contributed by atoms with van der Waals surface area (Å²) >= 11 is 0. The molecule has 0 radical (unpaired) electrons. The van der Waals surface area contributed by atoms with E-state index in [0.717, 1.165) is 0 Å². The minimum atomic E-state index is -1.09. The predicted octanol–water partition coefficient (Wildman–Crippen LogP) is 1.56. The maximum absolute atomic E-state index is 12.1. The van der Waals surface area contributed by atoms with Crippen molar-refractivity contribution in [2.24, 2.45) is 0 Å². The zero-order valence-electron chi connectivity index (χ0n) is 14.0. The second-order valence-corrected chi connectivity index (χ2v) is 5.34. The monoisotopic (exact) mass is 333 g/mol. The average molecular weight is 333 g/mol. The number of pyridine rings is 1.